The summed E-state index contributed by atoms with van der Waals surface area (Å²) in [7, 11) is 3.70. The van der Waals surface area contributed by atoms with Gasteiger partial charge in [-0.2, -0.15) is 0 Å². The van der Waals surface area contributed by atoms with Crippen LogP contribution >= 0.6 is 0 Å². The summed E-state index contributed by atoms with van der Waals surface area (Å²) in [6, 6.07) is 17.5. The highest BCUT2D eigenvalue weighted by Crippen LogP contribution is 2.11. The highest BCUT2D eigenvalue weighted by Gasteiger charge is 2.13. The molecule has 1 heterocycles. The number of carbonyl (C=O) groups excluding carboxylic acids is 1. The van der Waals surface area contributed by atoms with Gasteiger partial charge in [-0.25, -0.2) is 4.79 Å². The Hall–Kier alpha value is -3.02. The molecule has 0 atom stereocenters. The largest absolute Gasteiger partial charge is 0.373 e. The van der Waals surface area contributed by atoms with Gasteiger partial charge in [0.15, 0.2) is 0 Å². The molecule has 0 saturated heterocycles. The maximum absolute atomic E-state index is 12.3. The molecule has 6 heteroatoms. The molecule has 2 aromatic carbocycles. The molecular weight excluding hydrogens is 316 g/mol. The van der Waals surface area contributed by atoms with Crippen LogP contribution in [0.4, 0.5) is 5.69 Å². The number of fused-ring (bicyclic) bond motifs is 1. The normalized spacial score (nSPS) is 10.8. The van der Waals surface area contributed by atoms with Gasteiger partial charge >= 0.3 is 5.69 Å². The minimum atomic E-state index is -0.183. The number of hydrogen-bond acceptors (Lipinski definition) is 3. The van der Waals surface area contributed by atoms with Gasteiger partial charge in [0.05, 0.1) is 11.0 Å². The van der Waals surface area contributed by atoms with Gasteiger partial charge in [0, 0.05) is 32.9 Å². The first-order chi connectivity index (χ1) is 12.1. The van der Waals surface area contributed by atoms with Crippen molar-refractivity contribution < 1.29 is 4.79 Å². The second-order valence-electron chi connectivity index (χ2n) is 6.02. The first-order valence-corrected chi connectivity index (χ1v) is 8.25. The Morgan fingerprint density at radius 2 is 1.68 bits per heavy atom. The molecule has 3 aromatic rings. The van der Waals surface area contributed by atoms with E-state index in [1.54, 1.807) is 11.6 Å². The van der Waals surface area contributed by atoms with Gasteiger partial charge in [-0.15, -0.1) is 0 Å². The minimum Gasteiger partial charge on any atom is -0.373 e. The lowest BCUT2D eigenvalue weighted by Gasteiger charge is -2.19. The molecule has 0 saturated carbocycles. The van der Waals surface area contributed by atoms with Crippen molar-refractivity contribution in [2.24, 2.45) is 7.05 Å². The summed E-state index contributed by atoms with van der Waals surface area (Å²) in [4.78, 5) is 26.6. The molecule has 1 N–H and O–H groups in total. The predicted octanol–water partition coefficient (Wildman–Crippen LogP) is 1.59. The molecule has 0 aliphatic heterocycles. The van der Waals surface area contributed by atoms with Crippen LogP contribution in [0.3, 0.4) is 0 Å². The van der Waals surface area contributed by atoms with E-state index in [0.717, 1.165) is 16.7 Å². The minimum absolute atomic E-state index is 0.0231. The highest BCUT2D eigenvalue weighted by atomic mass is 16.2. The topological polar surface area (TPSA) is 59.3 Å². The highest BCUT2D eigenvalue weighted by molar-refractivity contribution is 5.80. The van der Waals surface area contributed by atoms with Crippen molar-refractivity contribution >= 4 is 22.6 Å². The number of aromatic nitrogens is 2. The van der Waals surface area contributed by atoms with Crippen molar-refractivity contribution in [2.75, 3.05) is 25.0 Å². The molecule has 130 valence electrons. The molecule has 0 radical (unpaired) electrons. The van der Waals surface area contributed by atoms with Gasteiger partial charge in [-0.05, 0) is 24.3 Å². The molecule has 6 nitrogen and oxygen atoms in total. The molecule has 1 amide bonds. The molecule has 1 aromatic heterocycles. The van der Waals surface area contributed by atoms with E-state index in [2.05, 4.69) is 10.2 Å². The van der Waals surface area contributed by atoms with Crippen molar-refractivity contribution in [3.8, 4) is 0 Å². The van der Waals surface area contributed by atoms with E-state index in [0.29, 0.717) is 13.1 Å². The number of imidazole rings is 1. The molecule has 0 bridgehead atoms. The Labute approximate surface area is 146 Å². The van der Waals surface area contributed by atoms with E-state index in [4.69, 9.17) is 0 Å². The Bertz CT molecular complexity index is 927. The zero-order chi connectivity index (χ0) is 17.8. The van der Waals surface area contributed by atoms with Gasteiger partial charge in [-0.1, -0.05) is 30.3 Å². The third-order valence-corrected chi connectivity index (χ3v) is 4.32. The van der Waals surface area contributed by atoms with Crippen LogP contribution in [0.25, 0.3) is 11.0 Å². The van der Waals surface area contributed by atoms with Crippen LogP contribution in [0.1, 0.15) is 0 Å². The van der Waals surface area contributed by atoms with Crippen molar-refractivity contribution in [3.63, 3.8) is 0 Å². The summed E-state index contributed by atoms with van der Waals surface area (Å²) in [6.45, 7) is 1.24. The fourth-order valence-electron chi connectivity index (χ4n) is 2.89. The van der Waals surface area contributed by atoms with E-state index >= 15 is 0 Å². The van der Waals surface area contributed by atoms with Gasteiger partial charge in [0.2, 0.25) is 5.91 Å². The molecule has 0 aliphatic rings. The van der Waals surface area contributed by atoms with Crippen LogP contribution in [0, 0.1) is 0 Å². The quantitative estimate of drug-likeness (QED) is 0.743. The molecule has 25 heavy (non-hydrogen) atoms. The zero-order valence-electron chi connectivity index (χ0n) is 14.5. The summed E-state index contributed by atoms with van der Waals surface area (Å²) < 4.78 is 3.07. The Kier molecular flexibility index (Phi) is 4.88. The third kappa shape index (κ3) is 3.57. The van der Waals surface area contributed by atoms with Crippen LogP contribution < -0.4 is 15.9 Å². The average Bonchev–Trinajstić information content (AvgIpc) is 2.88. The van der Waals surface area contributed by atoms with Crippen LogP contribution in [0.5, 0.6) is 0 Å². The summed E-state index contributed by atoms with van der Waals surface area (Å²) in [6.07, 6.45) is 0. The number of nitrogens with zero attached hydrogens (tertiary/aromatic N) is 3. The fraction of sp³-hybridized carbons (Fsp3) is 0.263. The van der Waals surface area contributed by atoms with Crippen molar-refractivity contribution in [1.29, 1.82) is 0 Å². The molecule has 0 fully saturated rings. The van der Waals surface area contributed by atoms with Gasteiger partial charge in [0.1, 0.15) is 6.54 Å². The fourth-order valence-corrected chi connectivity index (χ4v) is 2.89. The van der Waals surface area contributed by atoms with Crippen molar-refractivity contribution in [3.05, 3.63) is 65.1 Å². The van der Waals surface area contributed by atoms with Crippen LogP contribution in [-0.2, 0) is 18.4 Å². The van der Waals surface area contributed by atoms with Gasteiger partial charge < -0.3 is 10.2 Å². The lowest BCUT2D eigenvalue weighted by molar-refractivity contribution is -0.121. The molecule has 0 aliphatic carbocycles. The third-order valence-electron chi connectivity index (χ3n) is 4.32. The average molecular weight is 338 g/mol. The number of carbonyl (C=O) groups is 1. The molecular formula is C19H22N4O2. The monoisotopic (exact) mass is 338 g/mol. The lowest BCUT2D eigenvalue weighted by atomic mass is 10.3. The zero-order valence-corrected chi connectivity index (χ0v) is 14.5. The van der Waals surface area contributed by atoms with E-state index in [9.17, 15) is 9.59 Å². The second-order valence-corrected chi connectivity index (χ2v) is 6.02. The number of likely N-dealkylation sites (N-methyl/N-ethyl adjacent to an activating group) is 1. The van der Waals surface area contributed by atoms with Crippen LogP contribution in [0.15, 0.2) is 59.4 Å². The summed E-state index contributed by atoms with van der Waals surface area (Å²) in [5, 5.41) is 2.88. The van der Waals surface area contributed by atoms with Crippen molar-refractivity contribution in [1.82, 2.24) is 14.5 Å². The van der Waals surface area contributed by atoms with Gasteiger partial charge in [0.25, 0.3) is 0 Å². The maximum atomic E-state index is 12.3. The van der Waals surface area contributed by atoms with Crippen LogP contribution in [0.2, 0.25) is 0 Å². The lowest BCUT2D eigenvalue weighted by Crippen LogP contribution is -2.36. The summed E-state index contributed by atoms with van der Waals surface area (Å²) >= 11 is 0. The Morgan fingerprint density at radius 3 is 2.40 bits per heavy atom. The maximum Gasteiger partial charge on any atom is 0.329 e. The first kappa shape index (κ1) is 16.8. The van der Waals surface area contributed by atoms with E-state index < -0.39 is 0 Å². The van der Waals surface area contributed by atoms with Crippen LogP contribution in [-0.4, -0.2) is 35.2 Å². The van der Waals surface area contributed by atoms with E-state index in [1.165, 1.54) is 4.57 Å². The molecule has 3 rings (SSSR count). The standard InChI is InChI=1S/C19H22N4O2/c1-21(15-8-4-3-5-9-15)13-12-20-18(24)14-23-17-11-7-6-10-16(17)22(2)19(23)25/h3-11H,12-14H2,1-2H3,(H,20,24). The van der Waals surface area contributed by atoms with E-state index in [-0.39, 0.29) is 18.1 Å². The Balaban J connectivity index is 1.60. The molecule has 0 unspecified atom stereocenters. The summed E-state index contributed by atoms with van der Waals surface area (Å²) in [5.74, 6) is -0.167. The van der Waals surface area contributed by atoms with E-state index in [1.807, 2.05) is 61.6 Å². The number of anilines is 1. The second kappa shape index (κ2) is 7.25. The first-order valence-electron chi connectivity index (χ1n) is 8.25. The SMILES string of the molecule is CN(CCNC(=O)Cn1c(=O)n(C)c2ccccc21)c1ccccc1. The van der Waals surface area contributed by atoms with Gasteiger partial charge in [-0.3, -0.25) is 13.9 Å². The smallest absolute Gasteiger partial charge is 0.329 e. The number of benzene rings is 2. The Morgan fingerprint density at radius 1 is 1.04 bits per heavy atom. The molecule has 0 spiro atoms. The predicted molar refractivity (Wildman–Crippen MR) is 99.9 cm³/mol. The number of nitrogens with one attached hydrogen (secondary N) is 1. The van der Waals surface area contributed by atoms with Crippen molar-refractivity contribution in [2.45, 2.75) is 6.54 Å². The number of para-hydroxylation sites is 3. The summed E-state index contributed by atoms with van der Waals surface area (Å²) in [5.41, 5.74) is 2.51. The number of aryl methyl sites for hydroxylation is 1. The number of hydrogen-bond donors (Lipinski definition) is 1. The number of rotatable bonds is 6. The number of amides is 1.